The number of benzene rings is 2. The van der Waals surface area contributed by atoms with E-state index in [0.717, 1.165) is 0 Å². The van der Waals surface area contributed by atoms with Crippen molar-refractivity contribution in [3.63, 3.8) is 0 Å². The van der Waals surface area contributed by atoms with Crippen molar-refractivity contribution in [1.29, 1.82) is 0 Å². The molecule has 0 N–H and O–H groups in total. The summed E-state index contributed by atoms with van der Waals surface area (Å²) in [5.41, 5.74) is 0. The molecular formula is C14H16Te. The zero-order valence-corrected chi connectivity index (χ0v) is 11.4. The molecule has 0 aliphatic heterocycles. The van der Waals surface area contributed by atoms with Crippen molar-refractivity contribution in [3.8, 4) is 0 Å². The monoisotopic (exact) mass is 314 g/mol. The van der Waals surface area contributed by atoms with E-state index in [1.54, 1.807) is 3.61 Å². The van der Waals surface area contributed by atoms with Gasteiger partial charge in [0.25, 0.3) is 0 Å². The summed E-state index contributed by atoms with van der Waals surface area (Å²) in [6, 6.07) is 15.5. The van der Waals surface area contributed by atoms with E-state index >= 15 is 0 Å². The zero-order chi connectivity index (χ0) is 10.5. The Balaban J connectivity index is 2.26. The molecule has 78 valence electrons. The van der Waals surface area contributed by atoms with E-state index in [9.17, 15) is 0 Å². The second kappa shape index (κ2) is 5.54. The van der Waals surface area contributed by atoms with E-state index in [1.165, 1.54) is 28.1 Å². The van der Waals surface area contributed by atoms with Crippen LogP contribution in [0.4, 0.5) is 0 Å². The van der Waals surface area contributed by atoms with Gasteiger partial charge in [-0.1, -0.05) is 0 Å². The van der Waals surface area contributed by atoms with Gasteiger partial charge in [0.2, 0.25) is 0 Å². The molecule has 0 radical (unpaired) electrons. The van der Waals surface area contributed by atoms with Crippen LogP contribution in [-0.2, 0) is 0 Å². The van der Waals surface area contributed by atoms with Crippen LogP contribution in [0.2, 0.25) is 4.47 Å². The normalized spacial score (nSPS) is 10.7. The molecule has 0 bridgehead atoms. The quantitative estimate of drug-likeness (QED) is 0.600. The maximum absolute atomic E-state index is 2.32. The fraction of sp³-hybridized carbons (Fsp3) is 0.286. The fourth-order valence-corrected chi connectivity index (χ4v) is 4.98. The van der Waals surface area contributed by atoms with Gasteiger partial charge in [-0.15, -0.1) is 0 Å². The van der Waals surface area contributed by atoms with Crippen LogP contribution in [0, 0.1) is 0 Å². The summed E-state index contributed by atoms with van der Waals surface area (Å²) >= 11 is 0.0365. The minimum absolute atomic E-state index is 0.0365. The average molecular weight is 312 g/mol. The van der Waals surface area contributed by atoms with Gasteiger partial charge in [-0.25, -0.2) is 0 Å². The molecule has 0 fully saturated rings. The number of rotatable bonds is 4. The molecule has 0 saturated carbocycles. The van der Waals surface area contributed by atoms with Gasteiger partial charge in [0.15, 0.2) is 0 Å². The topological polar surface area (TPSA) is 0 Å². The third-order valence-electron chi connectivity index (χ3n) is 2.51. The van der Waals surface area contributed by atoms with Gasteiger partial charge in [0.1, 0.15) is 0 Å². The van der Waals surface area contributed by atoms with E-state index < -0.39 is 0 Å². The molecule has 2 aromatic carbocycles. The van der Waals surface area contributed by atoms with Gasteiger partial charge < -0.3 is 0 Å². The van der Waals surface area contributed by atoms with E-state index in [2.05, 4.69) is 49.4 Å². The summed E-state index contributed by atoms with van der Waals surface area (Å²) in [7, 11) is 0. The minimum atomic E-state index is 0.0365. The van der Waals surface area contributed by atoms with Gasteiger partial charge in [0, 0.05) is 0 Å². The summed E-state index contributed by atoms with van der Waals surface area (Å²) in [5.74, 6) is 0. The van der Waals surface area contributed by atoms with Crippen molar-refractivity contribution in [2.24, 2.45) is 0 Å². The van der Waals surface area contributed by atoms with Crippen LogP contribution in [-0.4, -0.2) is 20.9 Å². The first-order valence-corrected chi connectivity index (χ1v) is 8.33. The Morgan fingerprint density at radius 2 is 1.80 bits per heavy atom. The second-order valence-electron chi connectivity index (χ2n) is 3.68. The molecule has 0 spiro atoms. The van der Waals surface area contributed by atoms with Crippen molar-refractivity contribution < 1.29 is 0 Å². The van der Waals surface area contributed by atoms with E-state index in [4.69, 9.17) is 0 Å². The van der Waals surface area contributed by atoms with Crippen LogP contribution in [0.25, 0.3) is 10.8 Å². The van der Waals surface area contributed by atoms with E-state index in [0.29, 0.717) is 0 Å². The number of hydrogen-bond acceptors (Lipinski definition) is 0. The van der Waals surface area contributed by atoms with Crippen LogP contribution in [0.5, 0.6) is 0 Å². The molecule has 0 heterocycles. The standard InChI is InChI=1S/C14H16Te/c1-2-3-11-15-14-10-6-8-12-7-4-5-9-13(12)14/h4-10H,2-3,11H2,1H3. The third-order valence-corrected chi connectivity index (χ3v) is 5.82. The van der Waals surface area contributed by atoms with Crippen LogP contribution >= 0.6 is 0 Å². The van der Waals surface area contributed by atoms with Crippen molar-refractivity contribution in [1.82, 2.24) is 0 Å². The van der Waals surface area contributed by atoms with Gasteiger partial charge in [-0.05, 0) is 0 Å². The Hall–Kier alpha value is -0.510. The Labute approximate surface area is 102 Å². The van der Waals surface area contributed by atoms with Gasteiger partial charge in [-0.3, -0.25) is 0 Å². The van der Waals surface area contributed by atoms with Crippen molar-refractivity contribution in [2.75, 3.05) is 0 Å². The summed E-state index contributed by atoms with van der Waals surface area (Å²) in [5, 5.41) is 2.88. The third kappa shape index (κ3) is 2.74. The zero-order valence-electron chi connectivity index (χ0n) is 9.07. The second-order valence-corrected chi connectivity index (χ2v) is 6.92. The Kier molecular flexibility index (Phi) is 4.06. The van der Waals surface area contributed by atoms with Crippen LogP contribution < -0.4 is 3.61 Å². The Morgan fingerprint density at radius 3 is 2.67 bits per heavy atom. The van der Waals surface area contributed by atoms with E-state index in [-0.39, 0.29) is 20.9 Å². The first-order chi connectivity index (χ1) is 7.42. The van der Waals surface area contributed by atoms with Crippen LogP contribution in [0.1, 0.15) is 19.8 Å². The molecular weight excluding hydrogens is 296 g/mol. The number of hydrogen-bond donors (Lipinski definition) is 0. The fourth-order valence-electron chi connectivity index (χ4n) is 1.65. The van der Waals surface area contributed by atoms with Crippen molar-refractivity contribution in [2.45, 2.75) is 24.2 Å². The van der Waals surface area contributed by atoms with Crippen LogP contribution in [0.15, 0.2) is 42.5 Å². The number of fused-ring (bicyclic) bond motifs is 1. The Morgan fingerprint density at radius 1 is 1.00 bits per heavy atom. The van der Waals surface area contributed by atoms with Gasteiger partial charge >= 0.3 is 102 Å². The van der Waals surface area contributed by atoms with Crippen molar-refractivity contribution in [3.05, 3.63) is 42.5 Å². The summed E-state index contributed by atoms with van der Waals surface area (Å²) < 4.78 is 3.07. The van der Waals surface area contributed by atoms with Crippen molar-refractivity contribution >= 4 is 35.3 Å². The molecule has 2 rings (SSSR count). The Bertz CT molecular complexity index is 429. The molecule has 1 heteroatoms. The summed E-state index contributed by atoms with van der Waals surface area (Å²) in [6.07, 6.45) is 2.72. The first kappa shape index (κ1) is 11.0. The van der Waals surface area contributed by atoms with E-state index in [1.807, 2.05) is 0 Å². The predicted molar refractivity (Wildman–Crippen MR) is 69.1 cm³/mol. The predicted octanol–water partition coefficient (Wildman–Crippen LogP) is 3.39. The maximum atomic E-state index is 2.32. The molecule has 2 aromatic rings. The molecule has 0 unspecified atom stereocenters. The molecule has 0 aromatic heterocycles. The SMILES string of the molecule is CCCC[Te]c1cccc2ccccc12. The molecule has 0 aliphatic carbocycles. The summed E-state index contributed by atoms with van der Waals surface area (Å²) in [6.45, 7) is 2.27. The molecule has 0 amide bonds. The molecule has 15 heavy (non-hydrogen) atoms. The molecule has 0 aliphatic rings. The molecule has 0 nitrogen and oxygen atoms in total. The van der Waals surface area contributed by atoms with Crippen LogP contribution in [0.3, 0.4) is 0 Å². The molecule has 0 atom stereocenters. The molecule has 0 saturated heterocycles. The van der Waals surface area contributed by atoms with Gasteiger partial charge in [-0.2, -0.15) is 0 Å². The summed E-state index contributed by atoms with van der Waals surface area (Å²) in [4.78, 5) is 0. The van der Waals surface area contributed by atoms with Gasteiger partial charge in [0.05, 0.1) is 0 Å². The number of unbranched alkanes of at least 4 members (excludes halogenated alkanes) is 1. The first-order valence-electron chi connectivity index (χ1n) is 5.52. The average Bonchev–Trinajstić information content (AvgIpc) is 2.30.